The molecule has 0 heterocycles. The molecule has 8 N–H and O–H groups in total. The van der Waals surface area contributed by atoms with Crippen LogP contribution in [0.25, 0.3) is 0 Å². The van der Waals surface area contributed by atoms with Gasteiger partial charge in [-0.1, -0.05) is 0 Å². The number of carbonyl (C=O) groups excluding carboxylic acids is 3. The molecule has 0 spiro atoms. The Morgan fingerprint density at radius 1 is 1.04 bits per heavy atom. The zero-order chi connectivity index (χ0) is 21.5. The molecule has 10 nitrogen and oxygen atoms in total. The van der Waals surface area contributed by atoms with Crippen molar-refractivity contribution in [2.75, 3.05) is 30.9 Å². The van der Waals surface area contributed by atoms with E-state index in [0.29, 0.717) is 38.0 Å². The zero-order valence-electron chi connectivity index (χ0n) is 16.0. The third-order valence-electron chi connectivity index (χ3n) is 3.77. The SMILES string of the molecule is CSCCC(NC(=O)C(CCCCN)NC(=O)C(N)CS)C(=O)NCC(=O)O. The molecule has 0 rings (SSSR count). The Kier molecular flexibility index (Phi) is 14.6. The Hall–Kier alpha value is -1.50. The fourth-order valence-electron chi connectivity index (χ4n) is 2.19. The first-order valence-electron chi connectivity index (χ1n) is 8.92. The summed E-state index contributed by atoms with van der Waals surface area (Å²) in [4.78, 5) is 47.6. The maximum Gasteiger partial charge on any atom is 0.322 e. The van der Waals surface area contributed by atoms with Gasteiger partial charge in [0.25, 0.3) is 0 Å². The average molecular weight is 438 g/mol. The number of hydrogen-bond acceptors (Lipinski definition) is 8. The van der Waals surface area contributed by atoms with Gasteiger partial charge in [-0.25, -0.2) is 0 Å². The molecule has 3 unspecified atom stereocenters. The number of carbonyl (C=O) groups is 4. The molecular formula is C16H31N5O5S2. The van der Waals surface area contributed by atoms with Gasteiger partial charge in [0.2, 0.25) is 17.7 Å². The minimum Gasteiger partial charge on any atom is -0.480 e. The molecule has 0 aromatic carbocycles. The number of unbranched alkanes of at least 4 members (excludes halogenated alkanes) is 1. The van der Waals surface area contributed by atoms with E-state index in [9.17, 15) is 19.2 Å². The molecule has 3 atom stereocenters. The monoisotopic (exact) mass is 437 g/mol. The van der Waals surface area contributed by atoms with Gasteiger partial charge in [0.15, 0.2) is 0 Å². The lowest BCUT2D eigenvalue weighted by Crippen LogP contribution is -2.56. The topological polar surface area (TPSA) is 177 Å². The van der Waals surface area contributed by atoms with E-state index in [1.54, 1.807) is 0 Å². The van der Waals surface area contributed by atoms with E-state index < -0.39 is 48.4 Å². The highest BCUT2D eigenvalue weighted by Crippen LogP contribution is 2.05. The van der Waals surface area contributed by atoms with Crippen LogP contribution in [0.3, 0.4) is 0 Å². The highest BCUT2D eigenvalue weighted by Gasteiger charge is 2.27. The van der Waals surface area contributed by atoms with Crippen LogP contribution in [0.5, 0.6) is 0 Å². The number of carboxylic acids is 1. The van der Waals surface area contributed by atoms with Crippen LogP contribution in [0.4, 0.5) is 0 Å². The number of hydrogen-bond donors (Lipinski definition) is 7. The standard InChI is InChI=1S/C16H31N5O5S2/c1-28-7-5-12(15(25)19-8-13(22)23)21-16(26)11(4-2-3-6-17)20-14(24)10(18)9-27/h10-12,27H,2-9,17-18H2,1H3,(H,19,25)(H,20,24)(H,21,26)(H,22,23). The van der Waals surface area contributed by atoms with Crippen LogP contribution < -0.4 is 27.4 Å². The summed E-state index contributed by atoms with van der Waals surface area (Å²) in [5, 5.41) is 16.1. The Balaban J connectivity index is 5.10. The second-order valence-corrected chi connectivity index (χ2v) is 7.44. The summed E-state index contributed by atoms with van der Waals surface area (Å²) in [6, 6.07) is -2.65. The van der Waals surface area contributed by atoms with E-state index in [1.807, 2.05) is 6.26 Å². The number of amides is 3. The van der Waals surface area contributed by atoms with Gasteiger partial charge < -0.3 is 32.5 Å². The Morgan fingerprint density at radius 3 is 2.18 bits per heavy atom. The van der Waals surface area contributed by atoms with Crippen LogP contribution in [0.15, 0.2) is 0 Å². The predicted molar refractivity (Wildman–Crippen MR) is 112 cm³/mol. The van der Waals surface area contributed by atoms with Gasteiger partial charge in [0, 0.05) is 5.75 Å². The van der Waals surface area contributed by atoms with E-state index in [1.165, 1.54) is 11.8 Å². The van der Waals surface area contributed by atoms with Crippen LogP contribution in [0.1, 0.15) is 25.7 Å². The van der Waals surface area contributed by atoms with Gasteiger partial charge in [0.1, 0.15) is 18.6 Å². The minimum atomic E-state index is -1.18. The van der Waals surface area contributed by atoms with Crippen molar-refractivity contribution < 1.29 is 24.3 Å². The van der Waals surface area contributed by atoms with Crippen LogP contribution in [0.2, 0.25) is 0 Å². The lowest BCUT2D eigenvalue weighted by Gasteiger charge is -2.24. The molecule has 3 amide bonds. The van der Waals surface area contributed by atoms with Crippen LogP contribution in [-0.2, 0) is 19.2 Å². The highest BCUT2D eigenvalue weighted by molar-refractivity contribution is 7.98. The van der Waals surface area contributed by atoms with E-state index in [2.05, 4.69) is 28.6 Å². The van der Waals surface area contributed by atoms with Gasteiger partial charge in [-0.2, -0.15) is 24.4 Å². The van der Waals surface area contributed by atoms with Crippen LogP contribution in [0, 0.1) is 0 Å². The van der Waals surface area contributed by atoms with Crippen molar-refractivity contribution in [2.45, 2.75) is 43.8 Å². The summed E-state index contributed by atoms with van der Waals surface area (Å²) in [6.45, 7) is -0.0929. The quantitative estimate of drug-likeness (QED) is 0.117. The second kappa shape index (κ2) is 15.4. The first kappa shape index (κ1) is 26.5. The molecule has 12 heteroatoms. The third-order valence-corrected chi connectivity index (χ3v) is 4.81. The molecule has 0 saturated heterocycles. The van der Waals surface area contributed by atoms with Gasteiger partial charge >= 0.3 is 5.97 Å². The summed E-state index contributed by atoms with van der Waals surface area (Å²) in [5.74, 6) is -2.12. The van der Waals surface area contributed by atoms with Crippen LogP contribution in [-0.4, -0.2) is 77.8 Å². The molecule has 0 aliphatic heterocycles. The highest BCUT2D eigenvalue weighted by atomic mass is 32.2. The maximum atomic E-state index is 12.7. The van der Waals surface area contributed by atoms with E-state index >= 15 is 0 Å². The Bertz CT molecular complexity index is 524. The largest absolute Gasteiger partial charge is 0.480 e. The number of thioether (sulfide) groups is 1. The third kappa shape index (κ3) is 11.4. The molecule has 0 radical (unpaired) electrons. The Morgan fingerprint density at radius 2 is 1.64 bits per heavy atom. The molecule has 0 bridgehead atoms. The summed E-state index contributed by atoms with van der Waals surface area (Å²) in [7, 11) is 0. The average Bonchev–Trinajstić information content (AvgIpc) is 2.67. The Labute approximate surface area is 174 Å². The number of carboxylic acid groups (broad SMARTS) is 1. The van der Waals surface area contributed by atoms with Gasteiger partial charge in [-0.05, 0) is 44.2 Å². The van der Waals surface area contributed by atoms with Crippen molar-refractivity contribution in [2.24, 2.45) is 11.5 Å². The van der Waals surface area contributed by atoms with Gasteiger partial charge in [-0.15, -0.1) is 0 Å². The molecular weight excluding hydrogens is 406 g/mol. The summed E-state index contributed by atoms with van der Waals surface area (Å²) >= 11 is 5.45. The van der Waals surface area contributed by atoms with Crippen molar-refractivity contribution in [3.05, 3.63) is 0 Å². The van der Waals surface area contributed by atoms with Gasteiger partial charge in [0.05, 0.1) is 6.04 Å². The summed E-state index contributed by atoms with van der Waals surface area (Å²) in [6.07, 6.45) is 3.78. The number of rotatable bonds is 15. The van der Waals surface area contributed by atoms with Crippen molar-refractivity contribution in [3.63, 3.8) is 0 Å². The molecule has 162 valence electrons. The molecule has 0 aromatic heterocycles. The number of nitrogens with one attached hydrogen (secondary N) is 3. The normalized spacial score (nSPS) is 13.9. The molecule has 0 fully saturated rings. The van der Waals surface area contributed by atoms with Crippen molar-refractivity contribution in [3.8, 4) is 0 Å². The van der Waals surface area contributed by atoms with Crippen molar-refractivity contribution in [1.82, 2.24) is 16.0 Å². The molecule has 0 saturated carbocycles. The predicted octanol–water partition coefficient (Wildman–Crippen LogP) is -1.70. The maximum absolute atomic E-state index is 12.7. The smallest absolute Gasteiger partial charge is 0.322 e. The molecule has 0 aromatic rings. The fraction of sp³-hybridized carbons (Fsp3) is 0.750. The van der Waals surface area contributed by atoms with E-state index in [0.717, 1.165) is 0 Å². The minimum absolute atomic E-state index is 0.122. The first-order valence-corrected chi connectivity index (χ1v) is 10.9. The molecule has 28 heavy (non-hydrogen) atoms. The van der Waals surface area contributed by atoms with E-state index in [4.69, 9.17) is 16.6 Å². The van der Waals surface area contributed by atoms with Crippen molar-refractivity contribution in [1.29, 1.82) is 0 Å². The molecule has 0 aliphatic rings. The van der Waals surface area contributed by atoms with Gasteiger partial charge in [-0.3, -0.25) is 19.2 Å². The zero-order valence-corrected chi connectivity index (χ0v) is 17.7. The summed E-state index contributed by atoms with van der Waals surface area (Å²) in [5.41, 5.74) is 11.1. The fourth-order valence-corrected chi connectivity index (χ4v) is 2.82. The molecule has 0 aliphatic carbocycles. The lowest BCUT2D eigenvalue weighted by atomic mass is 10.1. The first-order chi connectivity index (χ1) is 13.3. The number of thiol groups is 1. The van der Waals surface area contributed by atoms with E-state index in [-0.39, 0.29) is 5.75 Å². The summed E-state index contributed by atoms with van der Waals surface area (Å²) < 4.78 is 0. The van der Waals surface area contributed by atoms with Crippen molar-refractivity contribution >= 4 is 48.1 Å². The van der Waals surface area contributed by atoms with Crippen LogP contribution >= 0.6 is 24.4 Å². The lowest BCUT2D eigenvalue weighted by molar-refractivity contribution is -0.138. The number of aliphatic carboxylic acids is 1. The number of nitrogens with two attached hydrogens (primary N) is 2. The second-order valence-electron chi connectivity index (χ2n) is 6.09.